The van der Waals surface area contributed by atoms with Gasteiger partial charge in [0.1, 0.15) is 17.5 Å². The van der Waals surface area contributed by atoms with Gasteiger partial charge in [-0.3, -0.25) is 4.79 Å². The number of carbonyl (C=O) groups is 2. The molecule has 0 saturated carbocycles. The number of aliphatic carboxylic acids is 1. The summed E-state index contributed by atoms with van der Waals surface area (Å²) >= 11 is 1.55. The van der Waals surface area contributed by atoms with Crippen molar-refractivity contribution < 1.29 is 19.4 Å². The second-order valence-electron chi connectivity index (χ2n) is 9.05. The van der Waals surface area contributed by atoms with Crippen LogP contribution in [0.15, 0.2) is 97.1 Å². The number of hydrogen-bond donors (Lipinski definition) is 2. The molecule has 0 aromatic heterocycles. The van der Waals surface area contributed by atoms with Crippen molar-refractivity contribution in [3.05, 3.63) is 119 Å². The molecule has 0 spiro atoms. The Kier molecular flexibility index (Phi) is 9.59. The predicted molar refractivity (Wildman–Crippen MR) is 160 cm³/mol. The van der Waals surface area contributed by atoms with E-state index in [4.69, 9.17) is 4.74 Å². The molecular formula is C33H31NO4S. The number of carbonyl (C=O) groups excluding carboxylic acids is 1. The molecule has 1 atom stereocenters. The Labute approximate surface area is 233 Å². The van der Waals surface area contributed by atoms with E-state index in [9.17, 15) is 14.7 Å². The first-order valence-corrected chi connectivity index (χ1v) is 14.1. The molecule has 5 nitrogen and oxygen atoms in total. The largest absolute Gasteiger partial charge is 0.480 e. The highest BCUT2D eigenvalue weighted by atomic mass is 32.2. The van der Waals surface area contributed by atoms with Gasteiger partial charge in [-0.1, -0.05) is 78.9 Å². The van der Waals surface area contributed by atoms with Crippen molar-refractivity contribution in [2.75, 3.05) is 12.0 Å². The van der Waals surface area contributed by atoms with Crippen LogP contribution in [-0.2, 0) is 4.79 Å². The Morgan fingerprint density at radius 2 is 1.62 bits per heavy atom. The molecule has 0 aliphatic rings. The zero-order valence-corrected chi connectivity index (χ0v) is 22.8. The molecule has 6 heteroatoms. The van der Waals surface area contributed by atoms with Crippen molar-refractivity contribution in [2.24, 2.45) is 0 Å². The Morgan fingerprint density at radius 1 is 0.897 bits per heavy atom. The standard InChI is InChI=1S/C33H31NO4S/c1-23-10-6-8-14-27(23)29-22-24(17-19-28(29)32(35)34-30(33(36)37)20-21-39-2)16-18-25-11-7-9-15-31(25)38-26-12-4-3-5-13-26/h3-19,22,30H,20-21H2,1-2H3,(H,34,35)(H,36,37)/b18-16+. The Balaban J connectivity index is 1.67. The van der Waals surface area contributed by atoms with E-state index in [1.165, 1.54) is 0 Å². The van der Waals surface area contributed by atoms with Gasteiger partial charge in [-0.25, -0.2) is 4.79 Å². The average Bonchev–Trinajstić information content (AvgIpc) is 2.95. The first kappa shape index (κ1) is 27.7. The average molecular weight is 538 g/mol. The van der Waals surface area contributed by atoms with E-state index in [1.807, 2.05) is 116 Å². The minimum atomic E-state index is -1.04. The van der Waals surface area contributed by atoms with E-state index < -0.39 is 17.9 Å². The van der Waals surface area contributed by atoms with Crippen LogP contribution in [0.4, 0.5) is 0 Å². The molecule has 0 radical (unpaired) electrons. The maximum absolute atomic E-state index is 13.3. The van der Waals surface area contributed by atoms with Gasteiger partial charge in [0.15, 0.2) is 0 Å². The number of para-hydroxylation sites is 2. The fourth-order valence-electron chi connectivity index (χ4n) is 4.20. The molecule has 4 rings (SSSR count). The molecule has 0 aliphatic carbocycles. The molecule has 0 saturated heterocycles. The third kappa shape index (κ3) is 7.39. The second kappa shape index (κ2) is 13.5. The van der Waals surface area contributed by atoms with Gasteiger partial charge in [0.2, 0.25) is 0 Å². The van der Waals surface area contributed by atoms with Gasteiger partial charge in [0, 0.05) is 11.1 Å². The maximum Gasteiger partial charge on any atom is 0.326 e. The number of thioether (sulfide) groups is 1. The molecule has 0 aliphatic heterocycles. The molecule has 0 bridgehead atoms. The lowest BCUT2D eigenvalue weighted by molar-refractivity contribution is -0.139. The van der Waals surface area contributed by atoms with Gasteiger partial charge < -0.3 is 15.2 Å². The van der Waals surface area contributed by atoms with Crippen LogP contribution in [-0.4, -0.2) is 35.0 Å². The highest BCUT2D eigenvalue weighted by molar-refractivity contribution is 7.98. The summed E-state index contributed by atoms with van der Waals surface area (Å²) in [5.74, 6) is 0.693. The monoisotopic (exact) mass is 537 g/mol. The third-order valence-corrected chi connectivity index (χ3v) is 6.93. The van der Waals surface area contributed by atoms with E-state index >= 15 is 0 Å². The number of rotatable bonds is 11. The van der Waals surface area contributed by atoms with Gasteiger partial charge in [0.25, 0.3) is 5.91 Å². The van der Waals surface area contributed by atoms with Gasteiger partial charge in [-0.05, 0) is 77.9 Å². The quantitative estimate of drug-likeness (QED) is 0.193. The van der Waals surface area contributed by atoms with E-state index in [-0.39, 0.29) is 0 Å². The molecule has 2 N–H and O–H groups in total. The number of hydrogen-bond acceptors (Lipinski definition) is 4. The fraction of sp³-hybridized carbons (Fsp3) is 0.152. The summed E-state index contributed by atoms with van der Waals surface area (Å²) in [6.07, 6.45) is 6.23. The van der Waals surface area contributed by atoms with Crippen LogP contribution in [0.25, 0.3) is 23.3 Å². The van der Waals surface area contributed by atoms with Gasteiger partial charge in [-0.2, -0.15) is 11.8 Å². The zero-order chi connectivity index (χ0) is 27.6. The summed E-state index contributed by atoms with van der Waals surface area (Å²) in [5.41, 5.74) is 4.93. The number of aryl methyl sites for hydroxylation is 1. The molecule has 198 valence electrons. The predicted octanol–water partition coefficient (Wildman–Crippen LogP) is 7.56. The Morgan fingerprint density at radius 3 is 2.36 bits per heavy atom. The van der Waals surface area contributed by atoms with E-state index in [2.05, 4.69) is 5.32 Å². The first-order chi connectivity index (χ1) is 19.0. The van der Waals surface area contributed by atoms with Crippen LogP contribution < -0.4 is 10.1 Å². The Hall–Kier alpha value is -4.29. The number of nitrogens with one attached hydrogen (secondary N) is 1. The molecule has 39 heavy (non-hydrogen) atoms. The van der Waals surface area contributed by atoms with Gasteiger partial charge >= 0.3 is 5.97 Å². The molecule has 0 fully saturated rings. The van der Waals surface area contributed by atoms with E-state index in [1.54, 1.807) is 17.8 Å². The minimum Gasteiger partial charge on any atom is -0.480 e. The molecule has 4 aromatic carbocycles. The van der Waals surface area contributed by atoms with E-state index in [0.29, 0.717) is 17.7 Å². The third-order valence-electron chi connectivity index (χ3n) is 6.28. The normalized spacial score (nSPS) is 11.7. The summed E-state index contributed by atoms with van der Waals surface area (Å²) < 4.78 is 6.09. The summed E-state index contributed by atoms with van der Waals surface area (Å²) in [6.45, 7) is 2.00. The van der Waals surface area contributed by atoms with Crippen LogP contribution in [0, 0.1) is 6.92 Å². The number of carboxylic acids is 1. The number of ether oxygens (including phenoxy) is 1. The highest BCUT2D eigenvalue weighted by Gasteiger charge is 2.22. The van der Waals surface area contributed by atoms with Crippen LogP contribution in [0.1, 0.15) is 33.5 Å². The summed E-state index contributed by atoms with van der Waals surface area (Å²) in [4.78, 5) is 25.1. The fourth-order valence-corrected chi connectivity index (χ4v) is 4.67. The maximum atomic E-state index is 13.3. The summed E-state index contributed by atoms with van der Waals surface area (Å²) in [7, 11) is 0. The van der Waals surface area contributed by atoms with Crippen LogP contribution >= 0.6 is 11.8 Å². The lowest BCUT2D eigenvalue weighted by atomic mass is 9.93. The molecule has 1 amide bonds. The smallest absolute Gasteiger partial charge is 0.326 e. The topological polar surface area (TPSA) is 75.6 Å². The summed E-state index contributed by atoms with van der Waals surface area (Å²) in [6, 6.07) is 29.9. The lowest BCUT2D eigenvalue weighted by Crippen LogP contribution is -2.41. The van der Waals surface area contributed by atoms with Gasteiger partial charge in [0.05, 0.1) is 0 Å². The van der Waals surface area contributed by atoms with Crippen molar-refractivity contribution in [3.63, 3.8) is 0 Å². The van der Waals surface area contributed by atoms with Crippen molar-refractivity contribution in [3.8, 4) is 22.6 Å². The van der Waals surface area contributed by atoms with Crippen LogP contribution in [0.3, 0.4) is 0 Å². The lowest BCUT2D eigenvalue weighted by Gasteiger charge is -2.17. The van der Waals surface area contributed by atoms with E-state index in [0.717, 1.165) is 39.3 Å². The van der Waals surface area contributed by atoms with Crippen molar-refractivity contribution in [1.82, 2.24) is 5.32 Å². The SMILES string of the molecule is CSCCC(NC(=O)c1ccc(/C=C/c2ccccc2Oc2ccccc2)cc1-c1ccccc1C)C(=O)O. The molecular weight excluding hydrogens is 506 g/mol. The molecule has 4 aromatic rings. The first-order valence-electron chi connectivity index (χ1n) is 12.7. The van der Waals surface area contributed by atoms with Crippen molar-refractivity contribution in [2.45, 2.75) is 19.4 Å². The number of benzene rings is 4. The zero-order valence-electron chi connectivity index (χ0n) is 22.0. The molecule has 0 heterocycles. The minimum absolute atomic E-state index is 0.354. The second-order valence-corrected chi connectivity index (χ2v) is 10.0. The number of carboxylic acid groups (broad SMARTS) is 1. The van der Waals surface area contributed by atoms with Crippen molar-refractivity contribution >= 4 is 35.8 Å². The Bertz CT molecular complexity index is 1470. The van der Waals surface area contributed by atoms with Gasteiger partial charge in [-0.15, -0.1) is 0 Å². The van der Waals surface area contributed by atoms with Crippen LogP contribution in [0.5, 0.6) is 11.5 Å². The number of amides is 1. The highest BCUT2D eigenvalue weighted by Crippen LogP contribution is 2.30. The summed E-state index contributed by atoms with van der Waals surface area (Å²) in [5, 5.41) is 12.3. The van der Waals surface area contributed by atoms with Crippen LogP contribution in [0.2, 0.25) is 0 Å². The molecule has 1 unspecified atom stereocenters. The van der Waals surface area contributed by atoms with Crippen molar-refractivity contribution in [1.29, 1.82) is 0 Å².